The summed E-state index contributed by atoms with van der Waals surface area (Å²) in [4.78, 5) is 25.9. The Balaban J connectivity index is 1.84. The van der Waals surface area contributed by atoms with Crippen LogP contribution in [0, 0.1) is 6.92 Å². The predicted octanol–water partition coefficient (Wildman–Crippen LogP) is 2.96. The van der Waals surface area contributed by atoms with Crippen LogP contribution in [-0.2, 0) is 6.54 Å². The van der Waals surface area contributed by atoms with E-state index in [4.69, 9.17) is 0 Å². The number of para-hydroxylation sites is 1. The Bertz CT molecular complexity index is 1160. The number of pyridine rings is 1. The Morgan fingerprint density at radius 1 is 1.18 bits per heavy atom. The number of hydrogen-bond acceptors (Lipinski definition) is 6. The van der Waals surface area contributed by atoms with E-state index in [2.05, 4.69) is 20.6 Å². The van der Waals surface area contributed by atoms with Crippen molar-refractivity contribution in [2.24, 2.45) is 0 Å². The molecule has 0 saturated heterocycles. The number of amides is 1. The lowest BCUT2D eigenvalue weighted by Crippen LogP contribution is -2.17. The summed E-state index contributed by atoms with van der Waals surface area (Å²) in [5, 5.41) is 16.2. The summed E-state index contributed by atoms with van der Waals surface area (Å²) in [6.07, 6.45) is 4.34. The Kier molecular flexibility index (Phi) is 4.74. The summed E-state index contributed by atoms with van der Waals surface area (Å²) in [5.74, 6) is -0.371. The smallest absolute Gasteiger partial charge is 0.282 e. The molecule has 0 radical (unpaired) electrons. The first-order valence-electron chi connectivity index (χ1n) is 8.86. The number of hydrogen-bond donors (Lipinski definition) is 1. The SMILES string of the molecule is CCCn1cc(C(=O)Nc2nnc(C)s2)c2nn(-c3ccccc3)c(=O)c-2c1. The second kappa shape index (κ2) is 7.35. The van der Waals surface area contributed by atoms with Crippen molar-refractivity contribution >= 4 is 22.4 Å². The minimum atomic E-state index is -0.371. The fourth-order valence-electron chi connectivity index (χ4n) is 2.97. The maximum Gasteiger partial charge on any atom is 0.282 e. The average molecular weight is 394 g/mol. The van der Waals surface area contributed by atoms with Crippen LogP contribution in [0.2, 0.25) is 0 Å². The predicted molar refractivity (Wildman–Crippen MR) is 107 cm³/mol. The Labute approximate surface area is 164 Å². The van der Waals surface area contributed by atoms with E-state index in [1.807, 2.05) is 36.6 Å². The van der Waals surface area contributed by atoms with Crippen molar-refractivity contribution in [1.29, 1.82) is 0 Å². The first-order chi connectivity index (χ1) is 13.6. The fourth-order valence-corrected chi connectivity index (χ4v) is 3.56. The molecule has 0 saturated carbocycles. The molecule has 4 rings (SSSR count). The topological polar surface area (TPSA) is 94.7 Å². The van der Waals surface area contributed by atoms with E-state index in [1.54, 1.807) is 24.5 Å². The molecular formula is C19H18N6O2S. The Hall–Kier alpha value is -3.33. The molecule has 1 aromatic heterocycles. The van der Waals surface area contributed by atoms with Crippen molar-refractivity contribution in [2.45, 2.75) is 26.8 Å². The number of aromatic nitrogens is 5. The Morgan fingerprint density at radius 3 is 2.64 bits per heavy atom. The highest BCUT2D eigenvalue weighted by Gasteiger charge is 2.25. The minimum Gasteiger partial charge on any atom is -0.353 e. The molecule has 8 nitrogen and oxygen atoms in total. The number of aryl methyl sites for hydroxylation is 2. The van der Waals surface area contributed by atoms with Crippen LogP contribution in [0.4, 0.5) is 5.13 Å². The lowest BCUT2D eigenvalue weighted by Gasteiger charge is -2.11. The summed E-state index contributed by atoms with van der Waals surface area (Å²) >= 11 is 1.29. The molecule has 9 heteroatoms. The van der Waals surface area contributed by atoms with Crippen LogP contribution in [0.15, 0.2) is 47.5 Å². The maximum atomic E-state index is 13.0. The summed E-state index contributed by atoms with van der Waals surface area (Å²) < 4.78 is 3.17. The fraction of sp³-hybridized carbons (Fsp3) is 0.211. The number of carbonyl (C=O) groups excluding carboxylic acids is 1. The van der Waals surface area contributed by atoms with E-state index in [1.165, 1.54) is 16.0 Å². The number of rotatable bonds is 5. The molecule has 0 unspecified atom stereocenters. The van der Waals surface area contributed by atoms with Crippen molar-refractivity contribution in [2.75, 3.05) is 5.32 Å². The van der Waals surface area contributed by atoms with E-state index in [9.17, 15) is 9.59 Å². The van der Waals surface area contributed by atoms with Crippen LogP contribution < -0.4 is 10.9 Å². The molecule has 2 aliphatic heterocycles. The molecule has 142 valence electrons. The molecule has 1 N–H and O–H groups in total. The second-order valence-corrected chi connectivity index (χ2v) is 7.49. The van der Waals surface area contributed by atoms with E-state index in [-0.39, 0.29) is 11.5 Å². The van der Waals surface area contributed by atoms with Crippen molar-refractivity contribution in [3.05, 3.63) is 63.7 Å². The molecule has 0 fully saturated rings. The summed E-state index contributed by atoms with van der Waals surface area (Å²) in [5.41, 5.74) is 1.48. The van der Waals surface area contributed by atoms with Gasteiger partial charge in [0, 0.05) is 18.9 Å². The molecule has 2 aromatic rings. The Morgan fingerprint density at radius 2 is 1.96 bits per heavy atom. The van der Waals surface area contributed by atoms with Gasteiger partial charge in [-0.1, -0.05) is 36.5 Å². The second-order valence-electron chi connectivity index (χ2n) is 6.30. The van der Waals surface area contributed by atoms with E-state index >= 15 is 0 Å². The molecule has 1 aromatic carbocycles. The van der Waals surface area contributed by atoms with E-state index in [0.717, 1.165) is 11.4 Å². The van der Waals surface area contributed by atoms with Crippen molar-refractivity contribution in [3.63, 3.8) is 0 Å². The van der Waals surface area contributed by atoms with Crippen LogP contribution in [0.5, 0.6) is 0 Å². The molecule has 1 amide bonds. The molecule has 0 spiro atoms. The molecular weight excluding hydrogens is 376 g/mol. The van der Waals surface area contributed by atoms with E-state index < -0.39 is 0 Å². The van der Waals surface area contributed by atoms with Crippen molar-refractivity contribution in [1.82, 2.24) is 24.5 Å². The monoisotopic (exact) mass is 394 g/mol. The third kappa shape index (κ3) is 3.31. The van der Waals surface area contributed by atoms with Gasteiger partial charge in [0.1, 0.15) is 10.7 Å². The molecule has 28 heavy (non-hydrogen) atoms. The molecule has 0 atom stereocenters. The van der Waals surface area contributed by atoms with Gasteiger partial charge in [0.25, 0.3) is 11.5 Å². The number of carbonyl (C=O) groups is 1. The largest absolute Gasteiger partial charge is 0.353 e. The van der Waals surface area contributed by atoms with Crippen molar-refractivity contribution in [3.8, 4) is 16.9 Å². The summed E-state index contributed by atoms with van der Waals surface area (Å²) in [6, 6.07) is 9.15. The lowest BCUT2D eigenvalue weighted by molar-refractivity contribution is 0.102. The van der Waals surface area contributed by atoms with Crippen LogP contribution in [0.1, 0.15) is 28.7 Å². The number of nitrogens with zero attached hydrogens (tertiary/aromatic N) is 5. The maximum absolute atomic E-state index is 13.0. The summed E-state index contributed by atoms with van der Waals surface area (Å²) in [6.45, 7) is 4.53. The first-order valence-corrected chi connectivity index (χ1v) is 9.68. The van der Waals surface area contributed by atoms with Gasteiger partial charge in [-0.25, -0.2) is 0 Å². The van der Waals surface area contributed by atoms with Crippen LogP contribution in [0.25, 0.3) is 16.9 Å². The highest BCUT2D eigenvalue weighted by Crippen LogP contribution is 2.24. The van der Waals surface area contributed by atoms with Crippen LogP contribution >= 0.6 is 11.3 Å². The first kappa shape index (κ1) is 18.1. The minimum absolute atomic E-state index is 0.257. The zero-order valence-electron chi connectivity index (χ0n) is 15.4. The standard InChI is InChI=1S/C19H18N6O2S/c1-3-9-24-10-14(17(26)20-19-22-21-12(2)28-19)16-15(11-24)18(27)25(23-16)13-7-5-4-6-8-13/h4-8,10-11H,3,9H2,1-2H3,(H,20,22,26). The average Bonchev–Trinajstić information content (AvgIpc) is 3.25. The number of fused-ring (bicyclic) bond motifs is 1. The molecule has 3 heterocycles. The van der Waals surface area contributed by atoms with Gasteiger partial charge in [0.2, 0.25) is 5.13 Å². The number of anilines is 1. The normalized spacial score (nSPS) is 11.1. The van der Waals surface area contributed by atoms with Gasteiger partial charge < -0.3 is 4.57 Å². The number of nitrogens with one attached hydrogen (secondary N) is 1. The zero-order valence-corrected chi connectivity index (χ0v) is 16.2. The quantitative estimate of drug-likeness (QED) is 0.562. The molecule has 2 aliphatic rings. The zero-order chi connectivity index (χ0) is 19.7. The number of benzene rings is 1. The molecule has 0 aliphatic carbocycles. The third-order valence-corrected chi connectivity index (χ3v) is 4.95. The van der Waals surface area contributed by atoms with Gasteiger partial charge in [-0.3, -0.25) is 14.9 Å². The van der Waals surface area contributed by atoms with Crippen LogP contribution in [-0.4, -0.2) is 30.5 Å². The highest BCUT2D eigenvalue weighted by molar-refractivity contribution is 7.15. The van der Waals surface area contributed by atoms with Gasteiger partial charge in [-0.15, -0.1) is 10.2 Å². The van der Waals surface area contributed by atoms with Gasteiger partial charge in [-0.05, 0) is 25.5 Å². The van der Waals surface area contributed by atoms with Gasteiger partial charge in [-0.2, -0.15) is 9.78 Å². The lowest BCUT2D eigenvalue weighted by atomic mass is 10.1. The van der Waals surface area contributed by atoms with E-state index in [0.29, 0.717) is 34.2 Å². The van der Waals surface area contributed by atoms with Gasteiger partial charge in [0.15, 0.2) is 0 Å². The highest BCUT2D eigenvalue weighted by atomic mass is 32.1. The molecule has 0 bridgehead atoms. The van der Waals surface area contributed by atoms with Crippen LogP contribution in [0.3, 0.4) is 0 Å². The van der Waals surface area contributed by atoms with Gasteiger partial charge in [0.05, 0.1) is 16.8 Å². The summed E-state index contributed by atoms with van der Waals surface area (Å²) in [7, 11) is 0. The third-order valence-electron chi connectivity index (χ3n) is 4.20. The van der Waals surface area contributed by atoms with Gasteiger partial charge >= 0.3 is 0 Å². The van der Waals surface area contributed by atoms with Crippen molar-refractivity contribution < 1.29 is 4.79 Å².